The predicted octanol–water partition coefficient (Wildman–Crippen LogP) is 4.29. The SMILES string of the molecule is Cc1c(C(=O)CN2CCCCC2)c2ncc(CC(=O)N3CCC(C)C3)cc2n1-c1ccc(C#N)cc1. The number of hydrogen-bond donors (Lipinski definition) is 0. The molecule has 5 rings (SSSR count). The quantitative estimate of drug-likeness (QED) is 0.489. The Morgan fingerprint density at radius 2 is 1.86 bits per heavy atom. The molecular formula is C29H33N5O2. The van der Waals surface area contributed by atoms with E-state index in [1.165, 1.54) is 6.42 Å². The summed E-state index contributed by atoms with van der Waals surface area (Å²) in [4.78, 5) is 35.4. The largest absolute Gasteiger partial charge is 0.342 e. The molecule has 3 aromatic rings. The molecule has 0 spiro atoms. The number of carbonyl (C=O) groups excluding carboxylic acids is 2. The van der Waals surface area contributed by atoms with Gasteiger partial charge in [-0.2, -0.15) is 5.26 Å². The summed E-state index contributed by atoms with van der Waals surface area (Å²) >= 11 is 0. The highest BCUT2D eigenvalue weighted by molar-refractivity contribution is 6.09. The number of ketones is 1. The summed E-state index contributed by atoms with van der Waals surface area (Å²) in [6.45, 7) is 8.05. The molecule has 0 bridgehead atoms. The highest BCUT2D eigenvalue weighted by Gasteiger charge is 2.26. The van der Waals surface area contributed by atoms with E-state index in [2.05, 4.69) is 17.9 Å². The van der Waals surface area contributed by atoms with Gasteiger partial charge in [0.05, 0.1) is 41.2 Å². The van der Waals surface area contributed by atoms with E-state index >= 15 is 0 Å². The van der Waals surface area contributed by atoms with Gasteiger partial charge in [0.1, 0.15) is 0 Å². The van der Waals surface area contributed by atoms with E-state index in [0.29, 0.717) is 35.5 Å². The first-order valence-corrected chi connectivity index (χ1v) is 13.0. The lowest BCUT2D eigenvalue weighted by atomic mass is 10.1. The summed E-state index contributed by atoms with van der Waals surface area (Å²) in [6, 6.07) is 11.5. The maximum absolute atomic E-state index is 13.6. The van der Waals surface area contributed by atoms with Crippen molar-refractivity contribution in [2.24, 2.45) is 5.92 Å². The van der Waals surface area contributed by atoms with Crippen LogP contribution in [0.4, 0.5) is 0 Å². The highest BCUT2D eigenvalue weighted by Crippen LogP contribution is 2.30. The van der Waals surface area contributed by atoms with E-state index in [9.17, 15) is 14.9 Å². The third kappa shape index (κ3) is 4.78. The summed E-state index contributed by atoms with van der Waals surface area (Å²) in [5, 5.41) is 9.23. The molecular weight excluding hydrogens is 450 g/mol. The molecule has 1 aromatic carbocycles. The number of aromatic nitrogens is 2. The average Bonchev–Trinajstić information content (AvgIpc) is 3.45. The van der Waals surface area contributed by atoms with Crippen molar-refractivity contribution in [3.8, 4) is 11.8 Å². The number of hydrogen-bond acceptors (Lipinski definition) is 5. The fourth-order valence-electron chi connectivity index (χ4n) is 5.62. The van der Waals surface area contributed by atoms with Crippen molar-refractivity contribution < 1.29 is 9.59 Å². The zero-order valence-electron chi connectivity index (χ0n) is 21.2. The van der Waals surface area contributed by atoms with Crippen LogP contribution in [0, 0.1) is 24.2 Å². The molecule has 36 heavy (non-hydrogen) atoms. The van der Waals surface area contributed by atoms with Crippen LogP contribution in [0.1, 0.15) is 59.8 Å². The maximum Gasteiger partial charge on any atom is 0.227 e. The van der Waals surface area contributed by atoms with Crippen LogP contribution < -0.4 is 0 Å². The first-order chi connectivity index (χ1) is 17.4. The van der Waals surface area contributed by atoms with E-state index in [1.54, 1.807) is 18.3 Å². The standard InChI is InChI=1S/C29H33N5O2/c1-20-10-13-33(18-20)27(36)15-23-14-25-29(31-17-23)28(26(35)19-32-11-4-3-5-12-32)21(2)34(25)24-8-6-22(16-30)7-9-24/h6-9,14,17,20H,3-5,10-13,15,18-19H2,1-2H3. The zero-order valence-corrected chi connectivity index (χ0v) is 21.2. The van der Waals surface area contributed by atoms with Gasteiger partial charge in [0.15, 0.2) is 5.78 Å². The van der Waals surface area contributed by atoms with E-state index in [0.717, 1.165) is 67.9 Å². The molecule has 7 nitrogen and oxygen atoms in total. The number of carbonyl (C=O) groups is 2. The lowest BCUT2D eigenvalue weighted by molar-refractivity contribution is -0.129. The van der Waals surface area contributed by atoms with Crippen molar-refractivity contribution >= 4 is 22.7 Å². The molecule has 2 saturated heterocycles. The van der Waals surface area contributed by atoms with Crippen LogP contribution in [0.15, 0.2) is 36.5 Å². The first kappa shape index (κ1) is 24.2. The van der Waals surface area contributed by atoms with Gasteiger partial charge in [-0.05, 0) is 81.1 Å². The summed E-state index contributed by atoms with van der Waals surface area (Å²) in [5.74, 6) is 0.739. The van der Waals surface area contributed by atoms with Crippen molar-refractivity contribution in [2.75, 3.05) is 32.7 Å². The van der Waals surface area contributed by atoms with Gasteiger partial charge in [-0.3, -0.25) is 19.5 Å². The Morgan fingerprint density at radius 1 is 1.11 bits per heavy atom. The molecule has 0 saturated carbocycles. The summed E-state index contributed by atoms with van der Waals surface area (Å²) < 4.78 is 2.04. The van der Waals surface area contributed by atoms with E-state index in [4.69, 9.17) is 4.98 Å². The second-order valence-corrected chi connectivity index (χ2v) is 10.3. The van der Waals surface area contributed by atoms with Gasteiger partial charge >= 0.3 is 0 Å². The van der Waals surface area contributed by atoms with Crippen molar-refractivity contribution in [2.45, 2.75) is 46.0 Å². The van der Waals surface area contributed by atoms with Gasteiger partial charge in [-0.15, -0.1) is 0 Å². The van der Waals surface area contributed by atoms with Crippen LogP contribution in [0.2, 0.25) is 0 Å². The molecule has 0 radical (unpaired) electrons. The Morgan fingerprint density at radius 3 is 2.53 bits per heavy atom. The second-order valence-electron chi connectivity index (χ2n) is 10.3. The van der Waals surface area contributed by atoms with Gasteiger partial charge in [-0.25, -0.2) is 0 Å². The lowest BCUT2D eigenvalue weighted by Crippen LogP contribution is -2.34. The van der Waals surface area contributed by atoms with Crippen LogP contribution in [-0.4, -0.2) is 63.8 Å². The summed E-state index contributed by atoms with van der Waals surface area (Å²) in [6.07, 6.45) is 6.58. The lowest BCUT2D eigenvalue weighted by Gasteiger charge is -2.25. The van der Waals surface area contributed by atoms with Gasteiger partial charge in [0.25, 0.3) is 0 Å². The molecule has 0 N–H and O–H groups in total. The summed E-state index contributed by atoms with van der Waals surface area (Å²) in [7, 11) is 0. The molecule has 0 aliphatic carbocycles. The molecule has 2 aliphatic rings. The highest BCUT2D eigenvalue weighted by atomic mass is 16.2. The number of fused-ring (bicyclic) bond motifs is 1. The molecule has 1 unspecified atom stereocenters. The number of nitrogens with zero attached hydrogens (tertiary/aromatic N) is 5. The number of pyridine rings is 1. The number of benzene rings is 1. The molecule has 2 aliphatic heterocycles. The van der Waals surface area contributed by atoms with Crippen LogP contribution in [0.3, 0.4) is 0 Å². The van der Waals surface area contributed by atoms with Crippen LogP contribution in [-0.2, 0) is 11.2 Å². The van der Waals surface area contributed by atoms with Gasteiger partial charge in [0, 0.05) is 30.7 Å². The summed E-state index contributed by atoms with van der Waals surface area (Å²) in [5.41, 5.74) is 5.26. The Labute approximate surface area is 212 Å². The Kier molecular flexibility index (Phi) is 6.88. The number of nitriles is 1. The van der Waals surface area contributed by atoms with Gasteiger partial charge in [0.2, 0.25) is 5.91 Å². The normalized spacial score (nSPS) is 18.5. The average molecular weight is 484 g/mol. The minimum absolute atomic E-state index is 0.0779. The van der Waals surface area contributed by atoms with Crippen LogP contribution in [0.25, 0.3) is 16.7 Å². The van der Waals surface area contributed by atoms with Crippen molar-refractivity contribution in [1.82, 2.24) is 19.4 Å². The molecule has 4 heterocycles. The number of likely N-dealkylation sites (tertiary alicyclic amines) is 2. The monoisotopic (exact) mass is 483 g/mol. The van der Waals surface area contributed by atoms with Gasteiger partial charge < -0.3 is 9.47 Å². The van der Waals surface area contributed by atoms with Crippen molar-refractivity contribution in [3.05, 3.63) is 58.9 Å². The number of amides is 1. The number of piperidine rings is 1. The van der Waals surface area contributed by atoms with Crippen molar-refractivity contribution in [3.63, 3.8) is 0 Å². The molecule has 1 atom stereocenters. The maximum atomic E-state index is 13.6. The molecule has 2 fully saturated rings. The molecule has 186 valence electrons. The fraction of sp³-hybridized carbons (Fsp3) is 0.448. The predicted molar refractivity (Wildman–Crippen MR) is 139 cm³/mol. The zero-order chi connectivity index (χ0) is 25.2. The first-order valence-electron chi connectivity index (χ1n) is 13.0. The Balaban J connectivity index is 1.54. The van der Waals surface area contributed by atoms with Crippen LogP contribution >= 0.6 is 0 Å². The van der Waals surface area contributed by atoms with E-state index in [1.807, 2.05) is 34.6 Å². The molecule has 7 heteroatoms. The fourth-order valence-corrected chi connectivity index (χ4v) is 5.62. The van der Waals surface area contributed by atoms with Crippen molar-refractivity contribution in [1.29, 1.82) is 5.26 Å². The third-order valence-corrected chi connectivity index (χ3v) is 7.58. The smallest absolute Gasteiger partial charge is 0.227 e. The Bertz CT molecular complexity index is 1330. The second kappa shape index (κ2) is 10.2. The minimum atomic E-state index is 0.0779. The topological polar surface area (TPSA) is 82.2 Å². The van der Waals surface area contributed by atoms with E-state index in [-0.39, 0.29) is 11.7 Å². The molecule has 1 amide bonds. The molecule has 2 aromatic heterocycles. The third-order valence-electron chi connectivity index (χ3n) is 7.58. The van der Waals surface area contributed by atoms with Gasteiger partial charge in [-0.1, -0.05) is 13.3 Å². The van der Waals surface area contributed by atoms with Crippen LogP contribution in [0.5, 0.6) is 0 Å². The number of Topliss-reactive ketones (excluding diaryl/α,β-unsaturated/α-hetero) is 1. The van der Waals surface area contributed by atoms with E-state index < -0.39 is 0 Å². The Hall–Kier alpha value is -3.50. The minimum Gasteiger partial charge on any atom is -0.342 e. The number of rotatable bonds is 6.